The summed E-state index contributed by atoms with van der Waals surface area (Å²) in [4.78, 5) is 24.6. The Hall–Kier alpha value is -1.09. The number of aliphatic hydroxyl groups is 1. The van der Waals surface area contributed by atoms with E-state index in [0.29, 0.717) is 0 Å². The molecule has 0 bridgehead atoms. The summed E-state index contributed by atoms with van der Waals surface area (Å²) in [5.74, 6) is -0.848. The van der Waals surface area contributed by atoms with Gasteiger partial charge < -0.3 is 14.3 Å². The standard InChI is InChI=1S/C17H28FNO5Si/c1-16(2,3)25(5,6)24-14-12(10-20)23-15(17(14,4)18)19-8-7-11(21)9-13(19)22/h7-8,12,14-15,20H,9-10H2,1-6H3/t12-,14-,15-,17-/m1/s1. The second-order valence-corrected chi connectivity index (χ2v) is 13.2. The second kappa shape index (κ2) is 6.57. The van der Waals surface area contributed by atoms with E-state index in [4.69, 9.17) is 9.16 Å². The van der Waals surface area contributed by atoms with Crippen LogP contribution in [0.1, 0.15) is 34.1 Å². The predicted molar refractivity (Wildman–Crippen MR) is 92.9 cm³/mol. The van der Waals surface area contributed by atoms with Gasteiger partial charge in [0.25, 0.3) is 0 Å². The molecule has 1 saturated heterocycles. The Labute approximate surface area is 149 Å². The molecule has 0 radical (unpaired) electrons. The van der Waals surface area contributed by atoms with Crippen LogP contribution in [0.4, 0.5) is 4.39 Å². The Morgan fingerprint density at radius 2 is 2.04 bits per heavy atom. The summed E-state index contributed by atoms with van der Waals surface area (Å²) in [6, 6.07) is 0. The average Bonchev–Trinajstić information content (AvgIpc) is 2.69. The lowest BCUT2D eigenvalue weighted by Gasteiger charge is -2.42. The molecular weight excluding hydrogens is 345 g/mol. The van der Waals surface area contributed by atoms with Crippen LogP contribution in [0.15, 0.2) is 12.3 Å². The van der Waals surface area contributed by atoms with E-state index in [-0.39, 0.29) is 17.2 Å². The molecular formula is C17H28FNO5Si. The third-order valence-corrected chi connectivity index (χ3v) is 9.83. The molecule has 0 aromatic rings. The Bertz CT molecular complexity index is 584. The molecule has 6 nitrogen and oxygen atoms in total. The summed E-state index contributed by atoms with van der Waals surface area (Å²) >= 11 is 0. The molecule has 4 atom stereocenters. The van der Waals surface area contributed by atoms with Crippen LogP contribution in [0.2, 0.25) is 18.1 Å². The molecule has 1 N–H and O–H groups in total. The van der Waals surface area contributed by atoms with Crippen molar-refractivity contribution < 1.29 is 28.2 Å². The molecule has 0 aromatic carbocycles. The lowest BCUT2D eigenvalue weighted by Crippen LogP contribution is -2.56. The third-order valence-electron chi connectivity index (χ3n) is 5.38. The van der Waals surface area contributed by atoms with E-state index in [1.165, 1.54) is 19.2 Å². The molecule has 2 rings (SSSR count). The van der Waals surface area contributed by atoms with E-state index in [2.05, 4.69) is 0 Å². The normalized spacial score (nSPS) is 34.1. The van der Waals surface area contributed by atoms with Gasteiger partial charge in [0.2, 0.25) is 5.91 Å². The van der Waals surface area contributed by atoms with Crippen molar-refractivity contribution in [2.45, 2.75) is 76.4 Å². The van der Waals surface area contributed by atoms with Crippen LogP contribution < -0.4 is 0 Å². The van der Waals surface area contributed by atoms with Gasteiger partial charge in [0.1, 0.15) is 12.2 Å². The molecule has 2 heterocycles. The lowest BCUT2D eigenvalue weighted by atomic mass is 9.97. The Morgan fingerprint density at radius 3 is 2.52 bits per heavy atom. The van der Waals surface area contributed by atoms with E-state index >= 15 is 4.39 Å². The summed E-state index contributed by atoms with van der Waals surface area (Å²) < 4.78 is 27.6. The maximum atomic E-state index is 15.7. The maximum Gasteiger partial charge on any atom is 0.236 e. The fourth-order valence-corrected chi connectivity index (χ4v) is 4.16. The van der Waals surface area contributed by atoms with Crippen molar-refractivity contribution in [3.63, 3.8) is 0 Å². The molecule has 142 valence electrons. The molecule has 0 aromatic heterocycles. The van der Waals surface area contributed by atoms with Crippen LogP contribution >= 0.6 is 0 Å². The number of aliphatic hydroxyl groups excluding tert-OH is 1. The van der Waals surface area contributed by atoms with Crippen LogP contribution in [-0.2, 0) is 18.8 Å². The molecule has 1 amide bonds. The molecule has 2 aliphatic rings. The highest BCUT2D eigenvalue weighted by molar-refractivity contribution is 6.74. The number of carbonyl (C=O) groups excluding carboxylic acids is 2. The number of hydrogen-bond donors (Lipinski definition) is 1. The van der Waals surface area contributed by atoms with Gasteiger partial charge in [0.05, 0.1) is 13.0 Å². The van der Waals surface area contributed by atoms with Crippen molar-refractivity contribution in [2.24, 2.45) is 0 Å². The monoisotopic (exact) mass is 373 g/mol. The Morgan fingerprint density at radius 1 is 1.44 bits per heavy atom. The van der Waals surface area contributed by atoms with Crippen LogP contribution in [0.3, 0.4) is 0 Å². The van der Waals surface area contributed by atoms with Crippen molar-refractivity contribution in [3.05, 3.63) is 12.3 Å². The van der Waals surface area contributed by atoms with E-state index in [1.807, 2.05) is 33.9 Å². The van der Waals surface area contributed by atoms with Crippen molar-refractivity contribution >= 4 is 20.0 Å². The van der Waals surface area contributed by atoms with Gasteiger partial charge in [-0.05, 0) is 31.1 Å². The zero-order valence-electron chi connectivity index (χ0n) is 15.7. The molecule has 2 aliphatic heterocycles. The summed E-state index contributed by atoms with van der Waals surface area (Å²) in [7, 11) is -2.33. The molecule has 0 aliphatic carbocycles. The van der Waals surface area contributed by atoms with Crippen LogP contribution in [0.5, 0.6) is 0 Å². The van der Waals surface area contributed by atoms with Crippen LogP contribution in [-0.4, -0.2) is 60.7 Å². The smallest absolute Gasteiger partial charge is 0.236 e. The minimum absolute atomic E-state index is 0.144. The van der Waals surface area contributed by atoms with Gasteiger partial charge in [-0.15, -0.1) is 0 Å². The largest absolute Gasteiger partial charge is 0.408 e. The number of nitrogens with zero attached hydrogens (tertiary/aromatic N) is 1. The average molecular weight is 373 g/mol. The van der Waals surface area contributed by atoms with Crippen molar-refractivity contribution in [1.29, 1.82) is 0 Å². The number of amides is 1. The zero-order chi connectivity index (χ0) is 19.2. The molecule has 0 unspecified atom stereocenters. The first-order valence-electron chi connectivity index (χ1n) is 8.46. The van der Waals surface area contributed by atoms with E-state index < -0.39 is 44.9 Å². The quantitative estimate of drug-likeness (QED) is 0.603. The lowest BCUT2D eigenvalue weighted by molar-refractivity contribution is -0.150. The number of halogens is 1. The highest BCUT2D eigenvalue weighted by Gasteiger charge is 2.60. The summed E-state index contributed by atoms with van der Waals surface area (Å²) in [5, 5.41) is 9.52. The summed E-state index contributed by atoms with van der Waals surface area (Å²) in [6.07, 6.45) is -0.952. The second-order valence-electron chi connectivity index (χ2n) is 8.42. The Kier molecular flexibility index (Phi) is 5.31. The van der Waals surface area contributed by atoms with Gasteiger partial charge >= 0.3 is 0 Å². The number of ether oxygens (including phenoxy) is 1. The number of carbonyl (C=O) groups is 2. The number of ketones is 1. The van der Waals surface area contributed by atoms with E-state index in [0.717, 1.165) is 4.90 Å². The fourth-order valence-electron chi connectivity index (χ4n) is 2.79. The number of hydrogen-bond acceptors (Lipinski definition) is 5. The first kappa shape index (κ1) is 20.2. The van der Waals surface area contributed by atoms with Crippen LogP contribution in [0.25, 0.3) is 0 Å². The molecule has 8 heteroatoms. The number of alkyl halides is 1. The Balaban J connectivity index is 2.31. The van der Waals surface area contributed by atoms with Gasteiger partial charge in [0, 0.05) is 6.20 Å². The first-order valence-corrected chi connectivity index (χ1v) is 11.4. The molecule has 1 fully saturated rings. The summed E-state index contributed by atoms with van der Waals surface area (Å²) in [5.41, 5.74) is -2.02. The first-order chi connectivity index (χ1) is 11.3. The van der Waals surface area contributed by atoms with Crippen molar-refractivity contribution in [1.82, 2.24) is 4.90 Å². The highest BCUT2D eigenvalue weighted by Crippen LogP contribution is 2.44. The molecule has 0 saturated carbocycles. The highest BCUT2D eigenvalue weighted by atomic mass is 28.4. The minimum atomic E-state index is -2.33. The minimum Gasteiger partial charge on any atom is -0.408 e. The molecule has 0 spiro atoms. The maximum absolute atomic E-state index is 15.7. The number of allylic oxidation sites excluding steroid dienone is 1. The zero-order valence-corrected chi connectivity index (χ0v) is 16.7. The van der Waals surface area contributed by atoms with Gasteiger partial charge in [-0.25, -0.2) is 4.39 Å². The van der Waals surface area contributed by atoms with Crippen molar-refractivity contribution in [3.8, 4) is 0 Å². The van der Waals surface area contributed by atoms with E-state index in [1.54, 1.807) is 0 Å². The predicted octanol–water partition coefficient (Wildman–Crippen LogP) is 2.14. The van der Waals surface area contributed by atoms with Crippen LogP contribution in [0, 0.1) is 0 Å². The summed E-state index contributed by atoms with van der Waals surface area (Å²) in [6.45, 7) is 11.0. The SMILES string of the molecule is CC(C)(C)[Si](C)(C)O[C@@H]1[C@@H](CO)O[C@@H](N2C=CC(=O)CC2=O)[C@]1(C)F. The fraction of sp³-hybridized carbons (Fsp3) is 0.765. The van der Waals surface area contributed by atoms with Crippen molar-refractivity contribution in [2.75, 3.05) is 6.61 Å². The van der Waals surface area contributed by atoms with E-state index in [9.17, 15) is 14.7 Å². The number of rotatable bonds is 4. The van der Waals surface area contributed by atoms with Gasteiger partial charge in [-0.2, -0.15) is 0 Å². The van der Waals surface area contributed by atoms with Gasteiger partial charge in [-0.3, -0.25) is 14.5 Å². The molecule has 25 heavy (non-hydrogen) atoms. The van der Waals surface area contributed by atoms with Gasteiger partial charge in [-0.1, -0.05) is 20.8 Å². The van der Waals surface area contributed by atoms with Gasteiger partial charge in [0.15, 0.2) is 26.0 Å². The topological polar surface area (TPSA) is 76.1 Å². The third kappa shape index (κ3) is 3.72.